The van der Waals surface area contributed by atoms with Gasteiger partial charge in [-0.2, -0.15) is 0 Å². The standard InChI is InChI=1S/C10H11BN2O3/c1-8-7-10(9-5-3-2-4-6-9)12-13(8)16-11(14)15/h2-7,14-15H,1H3. The van der Waals surface area contributed by atoms with E-state index in [2.05, 4.69) is 9.85 Å². The summed E-state index contributed by atoms with van der Waals surface area (Å²) in [5.41, 5.74) is 2.35. The van der Waals surface area contributed by atoms with Gasteiger partial charge in [0.15, 0.2) is 0 Å². The van der Waals surface area contributed by atoms with Gasteiger partial charge in [0.05, 0.1) is 11.4 Å². The van der Waals surface area contributed by atoms with E-state index in [0.717, 1.165) is 16.1 Å². The molecule has 2 N–H and O–H groups in total. The second-order valence-corrected chi connectivity index (χ2v) is 3.34. The van der Waals surface area contributed by atoms with Crippen molar-refractivity contribution in [3.63, 3.8) is 0 Å². The van der Waals surface area contributed by atoms with Gasteiger partial charge in [-0.3, -0.25) is 0 Å². The van der Waals surface area contributed by atoms with Crippen LogP contribution >= 0.6 is 0 Å². The van der Waals surface area contributed by atoms with Crippen molar-refractivity contribution in [2.24, 2.45) is 0 Å². The summed E-state index contributed by atoms with van der Waals surface area (Å²) >= 11 is 0. The highest BCUT2D eigenvalue weighted by molar-refractivity contribution is 6.32. The summed E-state index contributed by atoms with van der Waals surface area (Å²) in [7, 11) is -1.87. The van der Waals surface area contributed by atoms with Crippen LogP contribution in [-0.2, 0) is 0 Å². The van der Waals surface area contributed by atoms with Crippen molar-refractivity contribution in [2.75, 3.05) is 0 Å². The molecule has 0 unspecified atom stereocenters. The molecule has 0 aliphatic heterocycles. The molecule has 0 atom stereocenters. The number of rotatable bonds is 3. The van der Waals surface area contributed by atoms with Crippen molar-refractivity contribution >= 4 is 7.32 Å². The fourth-order valence-electron chi connectivity index (χ4n) is 1.40. The first-order chi connectivity index (χ1) is 7.66. The zero-order valence-electron chi connectivity index (χ0n) is 8.74. The Kier molecular flexibility index (Phi) is 2.94. The topological polar surface area (TPSA) is 67.5 Å². The van der Waals surface area contributed by atoms with Gasteiger partial charge in [-0.1, -0.05) is 30.3 Å². The second-order valence-electron chi connectivity index (χ2n) is 3.34. The van der Waals surface area contributed by atoms with Crippen molar-refractivity contribution in [3.05, 3.63) is 42.1 Å². The molecular weight excluding hydrogens is 207 g/mol. The highest BCUT2D eigenvalue weighted by Crippen LogP contribution is 2.17. The Morgan fingerprint density at radius 2 is 1.94 bits per heavy atom. The monoisotopic (exact) mass is 218 g/mol. The summed E-state index contributed by atoms with van der Waals surface area (Å²) in [5, 5.41) is 21.5. The summed E-state index contributed by atoms with van der Waals surface area (Å²) in [6, 6.07) is 11.4. The first-order valence-electron chi connectivity index (χ1n) is 4.82. The van der Waals surface area contributed by atoms with E-state index in [9.17, 15) is 0 Å². The Hall–Kier alpha value is -1.79. The predicted molar refractivity (Wildman–Crippen MR) is 59.2 cm³/mol. The fraction of sp³-hybridized carbons (Fsp3) is 0.100. The number of aromatic nitrogens is 2. The number of hydrogen-bond donors (Lipinski definition) is 2. The second kappa shape index (κ2) is 4.38. The molecule has 0 amide bonds. The van der Waals surface area contributed by atoms with Crippen LogP contribution < -0.4 is 4.76 Å². The molecule has 0 spiro atoms. The molecule has 0 bridgehead atoms. The van der Waals surface area contributed by atoms with Crippen molar-refractivity contribution in [1.29, 1.82) is 0 Å². The summed E-state index contributed by atoms with van der Waals surface area (Å²) < 4.78 is 4.66. The predicted octanol–water partition coefficient (Wildman–Crippen LogP) is 0.257. The van der Waals surface area contributed by atoms with Gasteiger partial charge < -0.3 is 14.8 Å². The quantitative estimate of drug-likeness (QED) is 0.725. The van der Waals surface area contributed by atoms with Gasteiger partial charge in [0.1, 0.15) is 0 Å². The lowest BCUT2D eigenvalue weighted by Gasteiger charge is -2.04. The van der Waals surface area contributed by atoms with E-state index in [1.807, 2.05) is 30.3 Å². The van der Waals surface area contributed by atoms with Crippen LogP contribution in [-0.4, -0.2) is 27.3 Å². The van der Waals surface area contributed by atoms with Crippen LogP contribution in [0.4, 0.5) is 0 Å². The summed E-state index contributed by atoms with van der Waals surface area (Å²) in [6.45, 7) is 1.77. The first kappa shape index (κ1) is 10.7. The van der Waals surface area contributed by atoms with Gasteiger partial charge in [0, 0.05) is 5.56 Å². The fourth-order valence-corrected chi connectivity index (χ4v) is 1.40. The molecule has 2 rings (SSSR count). The summed E-state index contributed by atoms with van der Waals surface area (Å²) in [6.07, 6.45) is 0. The average Bonchev–Trinajstić information content (AvgIpc) is 2.61. The van der Waals surface area contributed by atoms with E-state index in [0.29, 0.717) is 5.69 Å². The van der Waals surface area contributed by atoms with Crippen molar-refractivity contribution in [2.45, 2.75) is 6.92 Å². The highest BCUT2D eigenvalue weighted by atomic mass is 16.7. The molecule has 0 radical (unpaired) electrons. The summed E-state index contributed by atoms with van der Waals surface area (Å²) in [5.74, 6) is 0. The molecule has 0 saturated carbocycles. The van der Waals surface area contributed by atoms with Gasteiger partial charge in [-0.25, -0.2) is 0 Å². The molecule has 82 valence electrons. The molecule has 0 aliphatic rings. The molecule has 5 nitrogen and oxygen atoms in total. The maximum atomic E-state index is 8.68. The van der Waals surface area contributed by atoms with E-state index >= 15 is 0 Å². The Bertz CT molecular complexity index is 470. The molecule has 0 fully saturated rings. The van der Waals surface area contributed by atoms with Gasteiger partial charge in [-0.15, -0.1) is 9.94 Å². The van der Waals surface area contributed by atoms with Crippen LogP contribution in [0, 0.1) is 6.92 Å². The molecule has 1 heterocycles. The number of nitrogens with zero attached hydrogens (tertiary/aromatic N) is 2. The largest absolute Gasteiger partial charge is 0.729 e. The Balaban J connectivity index is 2.31. The third-order valence-corrected chi connectivity index (χ3v) is 2.11. The van der Waals surface area contributed by atoms with Crippen molar-refractivity contribution in [1.82, 2.24) is 9.94 Å². The van der Waals surface area contributed by atoms with Crippen molar-refractivity contribution < 1.29 is 14.8 Å². The van der Waals surface area contributed by atoms with Gasteiger partial charge in [-0.05, 0) is 13.0 Å². The highest BCUT2D eigenvalue weighted by Gasteiger charge is 2.15. The van der Waals surface area contributed by atoms with Crippen LogP contribution in [0.15, 0.2) is 36.4 Å². The summed E-state index contributed by atoms with van der Waals surface area (Å²) in [4.78, 5) is 1.09. The minimum atomic E-state index is -1.87. The zero-order valence-corrected chi connectivity index (χ0v) is 8.74. The Morgan fingerprint density at radius 3 is 2.56 bits per heavy atom. The molecule has 1 aromatic carbocycles. The molecule has 16 heavy (non-hydrogen) atoms. The molecule has 0 aliphatic carbocycles. The van der Waals surface area contributed by atoms with Gasteiger partial charge in [0.25, 0.3) is 0 Å². The minimum absolute atomic E-state index is 0.687. The molecular formula is C10H11BN2O3. The number of hydrogen-bond acceptors (Lipinski definition) is 4. The molecule has 2 aromatic rings. The van der Waals surface area contributed by atoms with E-state index < -0.39 is 7.32 Å². The molecule has 6 heteroatoms. The van der Waals surface area contributed by atoms with E-state index in [-0.39, 0.29) is 0 Å². The van der Waals surface area contributed by atoms with Crippen LogP contribution in [0.5, 0.6) is 0 Å². The first-order valence-corrected chi connectivity index (χ1v) is 4.82. The lowest BCUT2D eigenvalue weighted by molar-refractivity contribution is 0.137. The average molecular weight is 218 g/mol. The minimum Gasteiger partial charge on any atom is -0.405 e. The maximum absolute atomic E-state index is 8.68. The molecule has 1 aromatic heterocycles. The van der Waals surface area contributed by atoms with E-state index in [1.54, 1.807) is 13.0 Å². The maximum Gasteiger partial charge on any atom is 0.729 e. The van der Waals surface area contributed by atoms with Crippen molar-refractivity contribution in [3.8, 4) is 11.3 Å². The van der Waals surface area contributed by atoms with Crippen LogP contribution in [0.2, 0.25) is 0 Å². The smallest absolute Gasteiger partial charge is 0.405 e. The van der Waals surface area contributed by atoms with Crippen LogP contribution in [0.1, 0.15) is 5.69 Å². The SMILES string of the molecule is Cc1cc(-c2ccccc2)nn1OB(O)O. The van der Waals surface area contributed by atoms with Crippen LogP contribution in [0.3, 0.4) is 0 Å². The third-order valence-electron chi connectivity index (χ3n) is 2.11. The lowest BCUT2D eigenvalue weighted by atomic mass is 10.1. The van der Waals surface area contributed by atoms with Crippen LogP contribution in [0.25, 0.3) is 11.3 Å². The Labute approximate surface area is 93.0 Å². The van der Waals surface area contributed by atoms with Gasteiger partial charge in [0.2, 0.25) is 0 Å². The normalized spacial score (nSPS) is 10.2. The number of benzene rings is 1. The Morgan fingerprint density at radius 1 is 1.25 bits per heavy atom. The molecule has 0 saturated heterocycles. The number of aryl methyl sites for hydroxylation is 1. The van der Waals surface area contributed by atoms with E-state index in [1.165, 1.54) is 0 Å². The lowest BCUT2D eigenvalue weighted by Crippen LogP contribution is -2.30. The van der Waals surface area contributed by atoms with E-state index in [4.69, 9.17) is 10.0 Å². The third kappa shape index (κ3) is 2.24. The van der Waals surface area contributed by atoms with Gasteiger partial charge >= 0.3 is 7.32 Å². The zero-order chi connectivity index (χ0) is 11.5.